The largest absolute Gasteiger partial charge is 0.490 e. The molecule has 2 aliphatic heterocycles. The number of amides is 2. The Morgan fingerprint density at radius 3 is 2.28 bits per heavy atom. The number of nitrogens with zero attached hydrogens (tertiary/aromatic N) is 1. The fraction of sp³-hybridized carbons (Fsp3) is 0.417. The van der Waals surface area contributed by atoms with Gasteiger partial charge in [0.2, 0.25) is 5.91 Å². The molecule has 2 aromatic rings. The van der Waals surface area contributed by atoms with Crippen LogP contribution >= 0.6 is 0 Å². The highest BCUT2D eigenvalue weighted by atomic mass is 16.5. The number of carbonyl (C=O) groups excluding carboxylic acids is 2. The fourth-order valence-electron chi connectivity index (χ4n) is 4.23. The van der Waals surface area contributed by atoms with Crippen molar-refractivity contribution in [2.45, 2.75) is 38.7 Å². The van der Waals surface area contributed by atoms with Crippen LogP contribution in [0.1, 0.15) is 47.2 Å². The van der Waals surface area contributed by atoms with Gasteiger partial charge in [-0.3, -0.25) is 9.59 Å². The molecule has 2 aromatic carbocycles. The second-order valence-electron chi connectivity index (χ2n) is 8.24. The molecule has 0 spiro atoms. The zero-order valence-corrected chi connectivity index (χ0v) is 17.1. The van der Waals surface area contributed by atoms with Gasteiger partial charge in [-0.25, -0.2) is 0 Å². The quantitative estimate of drug-likeness (QED) is 0.866. The Morgan fingerprint density at radius 2 is 1.69 bits per heavy atom. The van der Waals surface area contributed by atoms with E-state index in [-0.39, 0.29) is 29.8 Å². The van der Waals surface area contributed by atoms with Crippen molar-refractivity contribution in [2.24, 2.45) is 5.92 Å². The number of nitrogens with one attached hydrogen (secondary N) is 1. The van der Waals surface area contributed by atoms with Gasteiger partial charge in [0.1, 0.15) is 11.9 Å². The first-order valence-corrected chi connectivity index (χ1v) is 10.4. The number of rotatable bonds is 4. The minimum atomic E-state index is -0.117. The molecule has 0 radical (unpaired) electrons. The first-order chi connectivity index (χ1) is 14.0. The standard InChI is InChI=1S/C24H28N2O3/c1-16-3-9-20(10-4-16)29-21-11-13-26(14-12-21)24(28)19-7-5-18(6-8-19)22-17(2)15-25-23(22)27/h3-10,17,21-22H,11-15H2,1-2H3,(H,25,27)/t17?,22-/m1/s1. The zero-order chi connectivity index (χ0) is 20.4. The minimum Gasteiger partial charge on any atom is -0.490 e. The van der Waals surface area contributed by atoms with E-state index in [0.717, 1.165) is 24.2 Å². The Kier molecular flexibility index (Phi) is 5.56. The van der Waals surface area contributed by atoms with E-state index >= 15 is 0 Å². The summed E-state index contributed by atoms with van der Waals surface area (Å²) in [6, 6.07) is 15.6. The van der Waals surface area contributed by atoms with Crippen LogP contribution in [0.5, 0.6) is 5.75 Å². The summed E-state index contributed by atoms with van der Waals surface area (Å²) in [6.45, 7) is 6.23. The van der Waals surface area contributed by atoms with Crippen molar-refractivity contribution >= 4 is 11.8 Å². The Morgan fingerprint density at radius 1 is 1.03 bits per heavy atom. The van der Waals surface area contributed by atoms with Gasteiger partial charge >= 0.3 is 0 Å². The third kappa shape index (κ3) is 4.29. The molecule has 1 unspecified atom stereocenters. The molecule has 0 aromatic heterocycles. The summed E-state index contributed by atoms with van der Waals surface area (Å²) in [5, 5.41) is 2.91. The van der Waals surface area contributed by atoms with Gasteiger partial charge in [0.05, 0.1) is 5.92 Å². The lowest BCUT2D eigenvalue weighted by molar-refractivity contribution is -0.120. The molecule has 29 heavy (non-hydrogen) atoms. The smallest absolute Gasteiger partial charge is 0.253 e. The number of carbonyl (C=O) groups is 2. The van der Waals surface area contributed by atoms with E-state index in [4.69, 9.17) is 4.74 Å². The fourth-order valence-corrected chi connectivity index (χ4v) is 4.23. The van der Waals surface area contributed by atoms with E-state index in [2.05, 4.69) is 19.2 Å². The number of benzene rings is 2. The number of ether oxygens (including phenoxy) is 1. The topological polar surface area (TPSA) is 58.6 Å². The van der Waals surface area contributed by atoms with Crippen molar-refractivity contribution in [3.63, 3.8) is 0 Å². The second kappa shape index (κ2) is 8.27. The van der Waals surface area contributed by atoms with E-state index in [9.17, 15) is 9.59 Å². The molecule has 152 valence electrons. The van der Waals surface area contributed by atoms with E-state index in [1.165, 1.54) is 5.56 Å². The monoisotopic (exact) mass is 392 g/mol. The molecule has 2 heterocycles. The summed E-state index contributed by atoms with van der Waals surface area (Å²) in [5.41, 5.74) is 2.87. The summed E-state index contributed by atoms with van der Waals surface area (Å²) in [7, 11) is 0. The predicted molar refractivity (Wildman–Crippen MR) is 112 cm³/mol. The molecule has 2 fully saturated rings. The maximum absolute atomic E-state index is 12.9. The molecule has 1 N–H and O–H groups in total. The highest BCUT2D eigenvalue weighted by molar-refractivity contribution is 5.94. The maximum atomic E-state index is 12.9. The van der Waals surface area contributed by atoms with Crippen molar-refractivity contribution < 1.29 is 14.3 Å². The molecule has 2 atom stereocenters. The summed E-state index contributed by atoms with van der Waals surface area (Å²) in [4.78, 5) is 26.8. The van der Waals surface area contributed by atoms with Gasteiger partial charge in [-0.05, 0) is 42.7 Å². The first kappa shape index (κ1) is 19.5. The third-order valence-electron chi connectivity index (χ3n) is 6.02. The van der Waals surface area contributed by atoms with Gasteiger partial charge < -0.3 is 15.0 Å². The van der Waals surface area contributed by atoms with E-state index < -0.39 is 0 Å². The minimum absolute atomic E-state index is 0.0502. The first-order valence-electron chi connectivity index (χ1n) is 10.4. The van der Waals surface area contributed by atoms with Crippen LogP contribution in [0.15, 0.2) is 48.5 Å². The molecule has 5 nitrogen and oxygen atoms in total. The molecule has 5 heteroatoms. The van der Waals surface area contributed by atoms with E-state index in [0.29, 0.717) is 25.2 Å². The molecule has 0 bridgehead atoms. The third-order valence-corrected chi connectivity index (χ3v) is 6.02. The molecular formula is C24H28N2O3. The molecule has 0 saturated carbocycles. The van der Waals surface area contributed by atoms with Crippen LogP contribution in [0.2, 0.25) is 0 Å². The molecule has 2 saturated heterocycles. The predicted octanol–water partition coefficient (Wildman–Crippen LogP) is 3.53. The molecule has 2 amide bonds. The highest BCUT2D eigenvalue weighted by Crippen LogP contribution is 2.29. The van der Waals surface area contributed by atoms with Crippen molar-refractivity contribution in [1.82, 2.24) is 10.2 Å². The van der Waals surface area contributed by atoms with Crippen molar-refractivity contribution in [2.75, 3.05) is 19.6 Å². The lowest BCUT2D eigenvalue weighted by atomic mass is 9.89. The van der Waals surface area contributed by atoms with Crippen LogP contribution in [0.3, 0.4) is 0 Å². The lowest BCUT2D eigenvalue weighted by Gasteiger charge is -2.32. The maximum Gasteiger partial charge on any atom is 0.253 e. The Hall–Kier alpha value is -2.82. The SMILES string of the molecule is Cc1ccc(OC2CCN(C(=O)c3ccc([C@@H]4C(=O)NCC4C)cc3)CC2)cc1. The summed E-state index contributed by atoms with van der Waals surface area (Å²) in [6.07, 6.45) is 1.81. The Labute approximate surface area is 172 Å². The van der Waals surface area contributed by atoms with Gasteiger partial charge in [0.25, 0.3) is 5.91 Å². The number of aryl methyl sites for hydroxylation is 1. The number of hydrogen-bond donors (Lipinski definition) is 1. The summed E-state index contributed by atoms with van der Waals surface area (Å²) < 4.78 is 6.06. The number of likely N-dealkylation sites (tertiary alicyclic amines) is 1. The van der Waals surface area contributed by atoms with Crippen LogP contribution in [0, 0.1) is 12.8 Å². The van der Waals surface area contributed by atoms with Gasteiger partial charge in [0.15, 0.2) is 0 Å². The summed E-state index contributed by atoms with van der Waals surface area (Å²) >= 11 is 0. The van der Waals surface area contributed by atoms with Crippen LogP contribution < -0.4 is 10.1 Å². The Balaban J connectivity index is 1.33. The average molecular weight is 392 g/mol. The van der Waals surface area contributed by atoms with Gasteiger partial charge in [-0.15, -0.1) is 0 Å². The van der Waals surface area contributed by atoms with E-state index in [1.807, 2.05) is 53.4 Å². The average Bonchev–Trinajstić information content (AvgIpc) is 3.08. The van der Waals surface area contributed by atoms with Gasteiger partial charge in [-0.2, -0.15) is 0 Å². The second-order valence-corrected chi connectivity index (χ2v) is 8.24. The Bertz CT molecular complexity index is 868. The van der Waals surface area contributed by atoms with Crippen LogP contribution in [-0.4, -0.2) is 42.5 Å². The number of piperidine rings is 1. The van der Waals surface area contributed by atoms with Crippen molar-refractivity contribution in [1.29, 1.82) is 0 Å². The molecule has 0 aliphatic carbocycles. The van der Waals surface area contributed by atoms with Gasteiger partial charge in [-0.1, -0.05) is 36.8 Å². The van der Waals surface area contributed by atoms with Crippen molar-refractivity contribution in [3.05, 3.63) is 65.2 Å². The van der Waals surface area contributed by atoms with Crippen LogP contribution in [0.25, 0.3) is 0 Å². The van der Waals surface area contributed by atoms with Crippen LogP contribution in [-0.2, 0) is 4.79 Å². The van der Waals surface area contributed by atoms with Crippen LogP contribution in [0.4, 0.5) is 0 Å². The molecule has 4 rings (SSSR count). The van der Waals surface area contributed by atoms with Gasteiger partial charge in [0, 0.05) is 38.0 Å². The van der Waals surface area contributed by atoms with Crippen molar-refractivity contribution in [3.8, 4) is 5.75 Å². The lowest BCUT2D eigenvalue weighted by Crippen LogP contribution is -2.41. The highest BCUT2D eigenvalue weighted by Gasteiger charge is 2.33. The molecule has 2 aliphatic rings. The van der Waals surface area contributed by atoms with E-state index in [1.54, 1.807) is 0 Å². The molecular weight excluding hydrogens is 364 g/mol. The summed E-state index contributed by atoms with van der Waals surface area (Å²) in [5.74, 6) is 1.17. The normalized spacial score (nSPS) is 22.4. The zero-order valence-electron chi connectivity index (χ0n) is 17.1. The number of hydrogen-bond acceptors (Lipinski definition) is 3.